The number of likely N-dealkylation sites (tertiary alicyclic amines) is 1. The van der Waals surface area contributed by atoms with E-state index in [0.717, 1.165) is 38.2 Å². The van der Waals surface area contributed by atoms with E-state index in [1.807, 2.05) is 22.8 Å². The molecule has 0 saturated carbocycles. The molecule has 2 aromatic heterocycles. The van der Waals surface area contributed by atoms with Gasteiger partial charge in [-0.2, -0.15) is 5.10 Å². The molecule has 6 nitrogen and oxygen atoms in total. The standard InChI is InChI=1S/C16H22ClN5O/c1-11-10-21(2)20-15(11)9-18-13-3-5-22(6-4-13)16(23)14-7-12(17)8-19-14/h7-8,10,13,18-19H,3-6,9H2,1-2H3. The third-order valence-electron chi connectivity index (χ3n) is 4.33. The quantitative estimate of drug-likeness (QED) is 0.899. The number of carbonyl (C=O) groups is 1. The van der Waals surface area contributed by atoms with Crippen molar-refractivity contribution in [2.75, 3.05) is 13.1 Å². The SMILES string of the molecule is Cc1cn(C)nc1CNC1CCN(C(=O)c2cc(Cl)c[nH]2)CC1. The summed E-state index contributed by atoms with van der Waals surface area (Å²) in [6, 6.07) is 2.10. The third kappa shape index (κ3) is 3.76. The van der Waals surface area contributed by atoms with Crippen molar-refractivity contribution in [3.63, 3.8) is 0 Å². The van der Waals surface area contributed by atoms with Crippen LogP contribution in [0.5, 0.6) is 0 Å². The molecule has 23 heavy (non-hydrogen) atoms. The molecule has 1 fully saturated rings. The molecule has 0 atom stereocenters. The van der Waals surface area contributed by atoms with Crippen molar-refractivity contribution in [3.8, 4) is 0 Å². The Morgan fingerprint density at radius 2 is 2.22 bits per heavy atom. The maximum absolute atomic E-state index is 12.3. The highest BCUT2D eigenvalue weighted by Gasteiger charge is 2.24. The van der Waals surface area contributed by atoms with Crippen LogP contribution in [0.15, 0.2) is 18.5 Å². The highest BCUT2D eigenvalue weighted by Crippen LogP contribution is 2.16. The van der Waals surface area contributed by atoms with Gasteiger partial charge in [-0.3, -0.25) is 9.48 Å². The molecule has 0 bridgehead atoms. The zero-order valence-electron chi connectivity index (χ0n) is 13.5. The predicted octanol–water partition coefficient (Wildman–Crippen LogP) is 2.10. The van der Waals surface area contributed by atoms with Crippen LogP contribution in [0.4, 0.5) is 0 Å². The van der Waals surface area contributed by atoms with Crippen LogP contribution >= 0.6 is 11.6 Å². The van der Waals surface area contributed by atoms with Gasteiger partial charge in [0.25, 0.3) is 5.91 Å². The molecule has 0 spiro atoms. The van der Waals surface area contributed by atoms with Gasteiger partial charge in [-0.1, -0.05) is 11.6 Å². The van der Waals surface area contributed by atoms with Gasteiger partial charge in [0.1, 0.15) is 5.69 Å². The Kier molecular flexibility index (Phi) is 4.73. The number of aryl methyl sites for hydroxylation is 2. The molecule has 2 N–H and O–H groups in total. The largest absolute Gasteiger partial charge is 0.356 e. The molecule has 3 heterocycles. The maximum atomic E-state index is 12.3. The number of amides is 1. The first-order valence-electron chi connectivity index (χ1n) is 7.88. The van der Waals surface area contributed by atoms with Crippen LogP contribution in [-0.4, -0.2) is 44.7 Å². The number of aromatic nitrogens is 3. The zero-order valence-corrected chi connectivity index (χ0v) is 14.2. The first-order valence-corrected chi connectivity index (χ1v) is 8.26. The van der Waals surface area contributed by atoms with Crippen LogP contribution in [0.1, 0.15) is 34.6 Å². The van der Waals surface area contributed by atoms with Gasteiger partial charge in [-0.15, -0.1) is 0 Å². The van der Waals surface area contributed by atoms with Gasteiger partial charge in [0.05, 0.1) is 10.7 Å². The van der Waals surface area contributed by atoms with Gasteiger partial charge in [-0.05, 0) is 31.4 Å². The number of piperidine rings is 1. The van der Waals surface area contributed by atoms with Crippen molar-refractivity contribution >= 4 is 17.5 Å². The van der Waals surface area contributed by atoms with E-state index in [1.165, 1.54) is 5.56 Å². The zero-order chi connectivity index (χ0) is 16.4. The summed E-state index contributed by atoms with van der Waals surface area (Å²) in [4.78, 5) is 17.2. The molecule has 1 aliphatic rings. The summed E-state index contributed by atoms with van der Waals surface area (Å²) < 4.78 is 1.84. The minimum Gasteiger partial charge on any atom is -0.356 e. The fraction of sp³-hybridized carbons (Fsp3) is 0.500. The van der Waals surface area contributed by atoms with Crippen LogP contribution in [0.2, 0.25) is 5.02 Å². The van der Waals surface area contributed by atoms with E-state index < -0.39 is 0 Å². The van der Waals surface area contributed by atoms with Crippen LogP contribution in [-0.2, 0) is 13.6 Å². The van der Waals surface area contributed by atoms with Crippen LogP contribution in [0.3, 0.4) is 0 Å². The van der Waals surface area contributed by atoms with Crippen molar-refractivity contribution in [2.45, 2.75) is 32.4 Å². The van der Waals surface area contributed by atoms with Crippen molar-refractivity contribution in [3.05, 3.63) is 40.4 Å². The predicted molar refractivity (Wildman–Crippen MR) is 89.5 cm³/mol. The monoisotopic (exact) mass is 335 g/mol. The molecule has 1 aliphatic heterocycles. The minimum atomic E-state index is 0.0240. The minimum absolute atomic E-state index is 0.0240. The number of halogens is 1. The molecule has 1 saturated heterocycles. The second kappa shape index (κ2) is 6.76. The number of aromatic amines is 1. The lowest BCUT2D eigenvalue weighted by atomic mass is 10.0. The second-order valence-electron chi connectivity index (χ2n) is 6.11. The fourth-order valence-electron chi connectivity index (χ4n) is 3.02. The first kappa shape index (κ1) is 16.1. The lowest BCUT2D eigenvalue weighted by Crippen LogP contribution is -2.44. The summed E-state index contributed by atoms with van der Waals surface area (Å²) in [6.45, 7) is 4.37. The molecule has 124 valence electrons. The number of nitrogens with zero attached hydrogens (tertiary/aromatic N) is 3. The number of H-pyrrole nitrogens is 1. The Bertz CT molecular complexity index is 684. The van der Waals surface area contributed by atoms with E-state index in [0.29, 0.717) is 16.8 Å². The van der Waals surface area contributed by atoms with Crippen molar-refractivity contribution in [1.29, 1.82) is 0 Å². The van der Waals surface area contributed by atoms with Crippen molar-refractivity contribution < 1.29 is 4.79 Å². The van der Waals surface area contributed by atoms with E-state index >= 15 is 0 Å². The van der Waals surface area contributed by atoms with Gasteiger partial charge >= 0.3 is 0 Å². The fourth-order valence-corrected chi connectivity index (χ4v) is 3.18. The van der Waals surface area contributed by atoms with Gasteiger partial charge in [0, 0.05) is 45.1 Å². The lowest BCUT2D eigenvalue weighted by Gasteiger charge is -2.32. The van der Waals surface area contributed by atoms with Crippen LogP contribution in [0.25, 0.3) is 0 Å². The van der Waals surface area contributed by atoms with E-state index in [4.69, 9.17) is 11.6 Å². The number of nitrogens with one attached hydrogen (secondary N) is 2. The molecular formula is C16H22ClN5O. The molecule has 2 aromatic rings. The summed E-state index contributed by atoms with van der Waals surface area (Å²) in [5.74, 6) is 0.0240. The summed E-state index contributed by atoms with van der Waals surface area (Å²) in [7, 11) is 1.94. The van der Waals surface area contributed by atoms with Crippen LogP contribution < -0.4 is 5.32 Å². The van der Waals surface area contributed by atoms with Gasteiger partial charge in [0.2, 0.25) is 0 Å². The molecule has 3 rings (SSSR count). The average Bonchev–Trinajstić information content (AvgIpc) is 3.10. The number of hydrogen-bond donors (Lipinski definition) is 2. The number of rotatable bonds is 4. The van der Waals surface area contributed by atoms with E-state index in [-0.39, 0.29) is 5.91 Å². The van der Waals surface area contributed by atoms with Gasteiger partial charge in [0.15, 0.2) is 0 Å². The number of carbonyl (C=O) groups excluding carboxylic acids is 1. The van der Waals surface area contributed by atoms with Gasteiger partial charge in [-0.25, -0.2) is 0 Å². The number of hydrogen-bond acceptors (Lipinski definition) is 3. The average molecular weight is 336 g/mol. The molecule has 0 aliphatic carbocycles. The highest BCUT2D eigenvalue weighted by atomic mass is 35.5. The summed E-state index contributed by atoms with van der Waals surface area (Å²) in [5, 5.41) is 8.57. The third-order valence-corrected chi connectivity index (χ3v) is 4.55. The Morgan fingerprint density at radius 1 is 1.48 bits per heavy atom. The van der Waals surface area contributed by atoms with Crippen LogP contribution in [0, 0.1) is 6.92 Å². The molecule has 0 aromatic carbocycles. The Morgan fingerprint density at radius 3 is 2.78 bits per heavy atom. The van der Waals surface area contributed by atoms with E-state index in [9.17, 15) is 4.79 Å². The molecular weight excluding hydrogens is 314 g/mol. The van der Waals surface area contributed by atoms with Gasteiger partial charge < -0.3 is 15.2 Å². The summed E-state index contributed by atoms with van der Waals surface area (Å²) in [5.41, 5.74) is 2.86. The Hall–Kier alpha value is -1.79. The van der Waals surface area contributed by atoms with Crippen molar-refractivity contribution in [1.82, 2.24) is 25.0 Å². The normalized spacial score (nSPS) is 16.0. The molecule has 0 unspecified atom stereocenters. The lowest BCUT2D eigenvalue weighted by molar-refractivity contribution is 0.0699. The van der Waals surface area contributed by atoms with E-state index in [1.54, 1.807) is 12.3 Å². The molecule has 7 heteroatoms. The van der Waals surface area contributed by atoms with E-state index in [2.05, 4.69) is 22.3 Å². The summed E-state index contributed by atoms with van der Waals surface area (Å²) in [6.07, 6.45) is 5.57. The smallest absolute Gasteiger partial charge is 0.270 e. The second-order valence-corrected chi connectivity index (χ2v) is 6.55. The Labute approximate surface area is 140 Å². The molecule has 1 amide bonds. The Balaban J connectivity index is 1.48. The topological polar surface area (TPSA) is 66.0 Å². The first-order chi connectivity index (χ1) is 11.0. The highest BCUT2D eigenvalue weighted by molar-refractivity contribution is 6.30. The maximum Gasteiger partial charge on any atom is 0.270 e. The van der Waals surface area contributed by atoms with Crippen molar-refractivity contribution in [2.24, 2.45) is 7.05 Å². The summed E-state index contributed by atoms with van der Waals surface area (Å²) >= 11 is 5.86. The molecule has 0 radical (unpaired) electrons.